The molecule has 1 aliphatic rings. The van der Waals surface area contributed by atoms with Crippen LogP contribution in [0, 0.1) is 0 Å². The maximum atomic E-state index is 11.5. The Bertz CT molecular complexity index is 360. The van der Waals surface area contributed by atoms with Gasteiger partial charge in [-0.05, 0) is 18.4 Å². The lowest BCUT2D eigenvalue weighted by molar-refractivity contribution is -0.119. The number of amides is 1. The van der Waals surface area contributed by atoms with Crippen molar-refractivity contribution in [2.45, 2.75) is 44.6 Å². The molecule has 1 atom stereocenters. The van der Waals surface area contributed by atoms with E-state index >= 15 is 0 Å². The third kappa shape index (κ3) is 2.11. The molecular formula is C14H19NO. The molecule has 0 spiro atoms. The van der Waals surface area contributed by atoms with Crippen molar-refractivity contribution in [3.8, 4) is 0 Å². The van der Waals surface area contributed by atoms with E-state index in [0.717, 1.165) is 19.3 Å². The summed E-state index contributed by atoms with van der Waals surface area (Å²) in [5, 5.41) is 3.18. The minimum absolute atomic E-state index is 0.0889. The standard InChI is InChI=1S/C14H19NO/c1-2-3-10-14(11-9-13(16)15-14)12-7-5-4-6-8-12/h4-8H,2-3,9-11H2,1H3,(H,15,16)/t14-/m1/s1. The van der Waals surface area contributed by atoms with Gasteiger partial charge in [0.2, 0.25) is 5.91 Å². The smallest absolute Gasteiger partial charge is 0.220 e. The maximum absolute atomic E-state index is 11.5. The van der Waals surface area contributed by atoms with Crippen molar-refractivity contribution in [3.05, 3.63) is 35.9 Å². The zero-order valence-electron chi connectivity index (χ0n) is 9.83. The molecule has 1 fully saturated rings. The fourth-order valence-corrected chi connectivity index (χ4v) is 2.50. The highest BCUT2D eigenvalue weighted by Crippen LogP contribution is 2.35. The molecule has 0 bridgehead atoms. The third-order valence-electron chi connectivity index (χ3n) is 3.44. The summed E-state index contributed by atoms with van der Waals surface area (Å²) in [7, 11) is 0. The third-order valence-corrected chi connectivity index (χ3v) is 3.44. The molecule has 1 aliphatic heterocycles. The van der Waals surface area contributed by atoms with Crippen LogP contribution in [0.1, 0.15) is 44.6 Å². The number of nitrogens with one attached hydrogen (secondary N) is 1. The second kappa shape index (κ2) is 4.69. The Kier molecular flexibility index (Phi) is 3.28. The molecule has 0 saturated carbocycles. The van der Waals surface area contributed by atoms with E-state index in [4.69, 9.17) is 0 Å². The summed E-state index contributed by atoms with van der Waals surface area (Å²) >= 11 is 0. The van der Waals surface area contributed by atoms with Crippen LogP contribution in [0.5, 0.6) is 0 Å². The molecule has 2 rings (SSSR count). The van der Waals surface area contributed by atoms with Gasteiger partial charge in [0, 0.05) is 6.42 Å². The summed E-state index contributed by atoms with van der Waals surface area (Å²) in [6.45, 7) is 2.19. The number of unbranched alkanes of at least 4 members (excludes halogenated alkanes) is 1. The van der Waals surface area contributed by atoms with Gasteiger partial charge in [0.25, 0.3) is 0 Å². The summed E-state index contributed by atoms with van der Waals surface area (Å²) in [5.41, 5.74) is 1.17. The van der Waals surface area contributed by atoms with E-state index in [9.17, 15) is 4.79 Å². The molecule has 86 valence electrons. The Morgan fingerprint density at radius 3 is 2.62 bits per heavy atom. The van der Waals surface area contributed by atoms with Crippen molar-refractivity contribution in [3.63, 3.8) is 0 Å². The quantitative estimate of drug-likeness (QED) is 0.825. The number of rotatable bonds is 4. The van der Waals surface area contributed by atoms with Crippen molar-refractivity contribution in [1.82, 2.24) is 5.32 Å². The largest absolute Gasteiger partial charge is 0.347 e. The maximum Gasteiger partial charge on any atom is 0.220 e. The number of hydrogen-bond donors (Lipinski definition) is 1. The number of hydrogen-bond acceptors (Lipinski definition) is 1. The van der Waals surface area contributed by atoms with Crippen molar-refractivity contribution in [2.24, 2.45) is 0 Å². The van der Waals surface area contributed by atoms with Crippen LogP contribution in [0.3, 0.4) is 0 Å². The second-order valence-electron chi connectivity index (χ2n) is 4.60. The highest BCUT2D eigenvalue weighted by molar-refractivity contribution is 5.79. The molecule has 2 heteroatoms. The molecule has 2 nitrogen and oxygen atoms in total. The summed E-state index contributed by atoms with van der Waals surface area (Å²) < 4.78 is 0. The minimum atomic E-state index is -0.0889. The van der Waals surface area contributed by atoms with E-state index in [1.54, 1.807) is 0 Å². The first kappa shape index (κ1) is 11.2. The van der Waals surface area contributed by atoms with E-state index in [2.05, 4.69) is 24.4 Å². The fourth-order valence-electron chi connectivity index (χ4n) is 2.50. The van der Waals surface area contributed by atoms with Gasteiger partial charge in [0.15, 0.2) is 0 Å². The summed E-state index contributed by atoms with van der Waals surface area (Å²) in [5.74, 6) is 0.194. The Labute approximate surface area is 97.1 Å². The van der Waals surface area contributed by atoms with Crippen LogP contribution in [0.25, 0.3) is 0 Å². The van der Waals surface area contributed by atoms with Crippen LogP contribution >= 0.6 is 0 Å². The van der Waals surface area contributed by atoms with Gasteiger partial charge in [-0.3, -0.25) is 4.79 Å². The van der Waals surface area contributed by atoms with Gasteiger partial charge in [0.05, 0.1) is 5.54 Å². The molecule has 0 aromatic heterocycles. The predicted molar refractivity (Wildman–Crippen MR) is 65.0 cm³/mol. The van der Waals surface area contributed by atoms with Gasteiger partial charge in [-0.1, -0.05) is 50.1 Å². The summed E-state index contributed by atoms with van der Waals surface area (Å²) in [6.07, 6.45) is 4.99. The SMILES string of the molecule is CCCC[C@]1(c2ccccc2)CCC(=O)N1. The van der Waals surface area contributed by atoms with Gasteiger partial charge in [-0.25, -0.2) is 0 Å². The van der Waals surface area contributed by atoms with E-state index in [1.807, 2.05) is 18.2 Å². The van der Waals surface area contributed by atoms with Crippen LogP contribution in [0.15, 0.2) is 30.3 Å². The van der Waals surface area contributed by atoms with Gasteiger partial charge < -0.3 is 5.32 Å². The normalized spacial score (nSPS) is 24.4. The number of carbonyl (C=O) groups excluding carboxylic acids is 1. The zero-order chi connectivity index (χ0) is 11.4. The lowest BCUT2D eigenvalue weighted by atomic mass is 9.84. The van der Waals surface area contributed by atoms with Crippen LogP contribution in [0.2, 0.25) is 0 Å². The highest BCUT2D eigenvalue weighted by Gasteiger charge is 2.38. The average molecular weight is 217 g/mol. The van der Waals surface area contributed by atoms with Crippen molar-refractivity contribution >= 4 is 5.91 Å². The molecule has 1 heterocycles. The predicted octanol–water partition coefficient (Wildman–Crippen LogP) is 2.98. The first-order valence-corrected chi connectivity index (χ1v) is 6.13. The first-order chi connectivity index (χ1) is 7.77. The van der Waals surface area contributed by atoms with Crippen molar-refractivity contribution < 1.29 is 4.79 Å². The molecule has 1 aromatic rings. The Hall–Kier alpha value is -1.31. The average Bonchev–Trinajstić information content (AvgIpc) is 2.71. The Balaban J connectivity index is 2.24. The number of carbonyl (C=O) groups is 1. The van der Waals surface area contributed by atoms with Gasteiger partial charge in [-0.15, -0.1) is 0 Å². The monoisotopic (exact) mass is 217 g/mol. The molecule has 1 aromatic carbocycles. The fraction of sp³-hybridized carbons (Fsp3) is 0.500. The second-order valence-corrected chi connectivity index (χ2v) is 4.60. The van der Waals surface area contributed by atoms with Gasteiger partial charge in [0.1, 0.15) is 0 Å². The molecule has 1 saturated heterocycles. The first-order valence-electron chi connectivity index (χ1n) is 6.13. The molecular weight excluding hydrogens is 198 g/mol. The lowest BCUT2D eigenvalue weighted by Gasteiger charge is -2.29. The van der Waals surface area contributed by atoms with Crippen LogP contribution < -0.4 is 5.32 Å². The zero-order valence-corrected chi connectivity index (χ0v) is 9.83. The van der Waals surface area contributed by atoms with Crippen molar-refractivity contribution in [2.75, 3.05) is 0 Å². The molecule has 0 unspecified atom stereocenters. The molecule has 0 aliphatic carbocycles. The summed E-state index contributed by atoms with van der Waals surface area (Å²) in [6, 6.07) is 10.4. The van der Waals surface area contributed by atoms with E-state index in [-0.39, 0.29) is 11.4 Å². The molecule has 16 heavy (non-hydrogen) atoms. The lowest BCUT2D eigenvalue weighted by Crippen LogP contribution is -2.38. The molecule has 1 amide bonds. The Morgan fingerprint density at radius 1 is 1.31 bits per heavy atom. The van der Waals surface area contributed by atoms with Crippen LogP contribution in [-0.4, -0.2) is 5.91 Å². The van der Waals surface area contributed by atoms with E-state index in [0.29, 0.717) is 6.42 Å². The molecule has 1 N–H and O–H groups in total. The van der Waals surface area contributed by atoms with Gasteiger partial charge in [-0.2, -0.15) is 0 Å². The van der Waals surface area contributed by atoms with Crippen molar-refractivity contribution in [1.29, 1.82) is 0 Å². The molecule has 0 radical (unpaired) electrons. The summed E-state index contributed by atoms with van der Waals surface area (Å²) in [4.78, 5) is 11.5. The van der Waals surface area contributed by atoms with Crippen LogP contribution in [0.4, 0.5) is 0 Å². The van der Waals surface area contributed by atoms with E-state index < -0.39 is 0 Å². The Morgan fingerprint density at radius 2 is 2.06 bits per heavy atom. The number of benzene rings is 1. The van der Waals surface area contributed by atoms with Crippen LogP contribution in [-0.2, 0) is 10.3 Å². The highest BCUT2D eigenvalue weighted by atomic mass is 16.2. The minimum Gasteiger partial charge on any atom is -0.347 e. The topological polar surface area (TPSA) is 29.1 Å². The van der Waals surface area contributed by atoms with Gasteiger partial charge >= 0.3 is 0 Å². The van der Waals surface area contributed by atoms with E-state index in [1.165, 1.54) is 12.0 Å².